The third kappa shape index (κ3) is 2.86. The number of aliphatic carboxylic acids is 1. The summed E-state index contributed by atoms with van der Waals surface area (Å²) in [6, 6.07) is 5.37. The van der Waals surface area contributed by atoms with Crippen LogP contribution >= 0.6 is 0 Å². The van der Waals surface area contributed by atoms with Gasteiger partial charge in [0.2, 0.25) is 0 Å². The van der Waals surface area contributed by atoms with E-state index in [4.69, 9.17) is 10.8 Å². The summed E-state index contributed by atoms with van der Waals surface area (Å²) in [4.78, 5) is 24.9. The number of nitrogens with two attached hydrogens (primary N) is 1. The van der Waals surface area contributed by atoms with E-state index in [0.29, 0.717) is 37.2 Å². The first kappa shape index (κ1) is 13.4. The predicted octanol–water partition coefficient (Wildman–Crippen LogP) is 1.51. The van der Waals surface area contributed by atoms with Crippen LogP contribution in [0.3, 0.4) is 0 Å². The number of nitrogens with zero attached hydrogens (tertiary/aromatic N) is 1. The number of carboxylic acids is 1. The molecule has 2 rings (SSSR count). The van der Waals surface area contributed by atoms with Crippen molar-refractivity contribution < 1.29 is 14.7 Å². The van der Waals surface area contributed by atoms with E-state index in [-0.39, 0.29) is 11.8 Å². The highest BCUT2D eigenvalue weighted by atomic mass is 16.4. The number of carbonyl (C=O) groups excluding carboxylic acids is 1. The van der Waals surface area contributed by atoms with Crippen molar-refractivity contribution in [1.82, 2.24) is 4.90 Å². The molecule has 19 heavy (non-hydrogen) atoms. The van der Waals surface area contributed by atoms with Crippen molar-refractivity contribution in [3.8, 4) is 0 Å². The number of nitrogen functional groups attached to an aromatic ring is 1. The van der Waals surface area contributed by atoms with Gasteiger partial charge in [-0.2, -0.15) is 0 Å². The Hall–Kier alpha value is -2.04. The van der Waals surface area contributed by atoms with Gasteiger partial charge in [-0.15, -0.1) is 0 Å². The molecule has 5 nitrogen and oxygen atoms in total. The maximum absolute atomic E-state index is 12.3. The molecule has 1 fully saturated rings. The largest absolute Gasteiger partial charge is 0.481 e. The lowest BCUT2D eigenvalue weighted by molar-refractivity contribution is -0.143. The fourth-order valence-corrected chi connectivity index (χ4v) is 2.36. The van der Waals surface area contributed by atoms with Gasteiger partial charge in [0.1, 0.15) is 0 Å². The summed E-state index contributed by atoms with van der Waals surface area (Å²) in [5.74, 6) is -1.22. The summed E-state index contributed by atoms with van der Waals surface area (Å²) in [5.41, 5.74) is 7.79. The Morgan fingerprint density at radius 2 is 1.95 bits per heavy atom. The third-order valence-corrected chi connectivity index (χ3v) is 3.57. The molecule has 0 aliphatic carbocycles. The molecule has 0 saturated carbocycles. The van der Waals surface area contributed by atoms with E-state index in [1.807, 2.05) is 13.0 Å². The van der Waals surface area contributed by atoms with Gasteiger partial charge >= 0.3 is 5.97 Å². The van der Waals surface area contributed by atoms with Crippen LogP contribution in [-0.4, -0.2) is 35.0 Å². The standard InChI is InChI=1S/C14H18N2O3/c1-9-2-3-12(15)11(8-9)13(17)16-6-4-10(5-7-16)14(18)19/h2-3,8,10H,4-7,15H2,1H3,(H,18,19). The quantitative estimate of drug-likeness (QED) is 0.791. The van der Waals surface area contributed by atoms with Gasteiger partial charge in [-0.1, -0.05) is 11.6 Å². The van der Waals surface area contributed by atoms with Crippen LogP contribution < -0.4 is 5.73 Å². The van der Waals surface area contributed by atoms with E-state index >= 15 is 0 Å². The minimum absolute atomic E-state index is 0.106. The van der Waals surface area contributed by atoms with E-state index < -0.39 is 5.97 Å². The second-order valence-electron chi connectivity index (χ2n) is 5.00. The summed E-state index contributed by atoms with van der Waals surface area (Å²) in [5, 5.41) is 8.94. The predicted molar refractivity (Wildman–Crippen MR) is 71.9 cm³/mol. The lowest BCUT2D eigenvalue weighted by Gasteiger charge is -2.30. The van der Waals surface area contributed by atoms with Crippen LogP contribution in [0.25, 0.3) is 0 Å². The Balaban J connectivity index is 2.09. The molecule has 0 aromatic heterocycles. The Morgan fingerprint density at radius 3 is 2.53 bits per heavy atom. The molecule has 0 spiro atoms. The summed E-state index contributed by atoms with van der Waals surface area (Å²) in [7, 11) is 0. The van der Waals surface area contributed by atoms with Crippen LogP contribution in [-0.2, 0) is 4.79 Å². The van der Waals surface area contributed by atoms with Gasteiger partial charge in [-0.05, 0) is 31.9 Å². The van der Waals surface area contributed by atoms with Crippen LogP contribution in [0.5, 0.6) is 0 Å². The number of carbonyl (C=O) groups is 2. The van der Waals surface area contributed by atoms with Gasteiger partial charge in [0, 0.05) is 18.8 Å². The molecule has 1 amide bonds. The number of anilines is 1. The topological polar surface area (TPSA) is 83.6 Å². The minimum Gasteiger partial charge on any atom is -0.481 e. The molecule has 1 aromatic carbocycles. The van der Waals surface area contributed by atoms with Crippen molar-refractivity contribution in [2.75, 3.05) is 18.8 Å². The summed E-state index contributed by atoms with van der Waals surface area (Å²) >= 11 is 0. The summed E-state index contributed by atoms with van der Waals surface area (Å²) in [6.07, 6.45) is 1.01. The van der Waals surface area contributed by atoms with Crippen molar-refractivity contribution >= 4 is 17.6 Å². The maximum Gasteiger partial charge on any atom is 0.306 e. The molecule has 1 aliphatic rings. The van der Waals surface area contributed by atoms with Crippen LogP contribution in [0.2, 0.25) is 0 Å². The SMILES string of the molecule is Cc1ccc(N)c(C(=O)N2CCC(C(=O)O)CC2)c1. The van der Waals surface area contributed by atoms with E-state index in [0.717, 1.165) is 5.56 Å². The van der Waals surface area contributed by atoms with Gasteiger partial charge in [-0.3, -0.25) is 9.59 Å². The first-order valence-electron chi connectivity index (χ1n) is 6.37. The second kappa shape index (κ2) is 5.30. The van der Waals surface area contributed by atoms with Gasteiger partial charge in [0.15, 0.2) is 0 Å². The minimum atomic E-state index is -0.776. The van der Waals surface area contributed by atoms with Crippen LogP contribution in [0.15, 0.2) is 18.2 Å². The number of hydrogen-bond acceptors (Lipinski definition) is 3. The smallest absolute Gasteiger partial charge is 0.306 e. The molecule has 5 heteroatoms. The Bertz CT molecular complexity index is 505. The molecule has 1 heterocycles. The van der Waals surface area contributed by atoms with Gasteiger partial charge in [0.25, 0.3) is 5.91 Å². The number of amides is 1. The van der Waals surface area contributed by atoms with E-state index in [1.165, 1.54) is 0 Å². The first-order chi connectivity index (χ1) is 8.99. The molecule has 0 atom stereocenters. The van der Waals surface area contributed by atoms with Crippen molar-refractivity contribution in [2.24, 2.45) is 5.92 Å². The first-order valence-corrected chi connectivity index (χ1v) is 6.37. The molecule has 0 unspecified atom stereocenters. The number of carboxylic acid groups (broad SMARTS) is 1. The Kier molecular flexibility index (Phi) is 3.74. The second-order valence-corrected chi connectivity index (χ2v) is 5.00. The maximum atomic E-state index is 12.3. The zero-order valence-corrected chi connectivity index (χ0v) is 10.9. The monoisotopic (exact) mass is 262 g/mol. The lowest BCUT2D eigenvalue weighted by Crippen LogP contribution is -2.40. The Labute approximate surface area is 112 Å². The van der Waals surface area contributed by atoms with Crippen molar-refractivity contribution in [3.63, 3.8) is 0 Å². The summed E-state index contributed by atoms with van der Waals surface area (Å²) in [6.45, 7) is 2.86. The zero-order valence-electron chi connectivity index (χ0n) is 10.9. The zero-order chi connectivity index (χ0) is 14.0. The van der Waals surface area contributed by atoms with E-state index in [9.17, 15) is 9.59 Å². The molecule has 102 valence electrons. The lowest BCUT2D eigenvalue weighted by atomic mass is 9.96. The fraction of sp³-hybridized carbons (Fsp3) is 0.429. The molecule has 0 bridgehead atoms. The van der Waals surface area contributed by atoms with Crippen LogP contribution in [0, 0.1) is 12.8 Å². The van der Waals surface area contributed by atoms with Crippen molar-refractivity contribution in [2.45, 2.75) is 19.8 Å². The number of hydrogen-bond donors (Lipinski definition) is 2. The molecule has 1 aromatic rings. The van der Waals surface area contributed by atoms with E-state index in [2.05, 4.69) is 0 Å². The van der Waals surface area contributed by atoms with Gasteiger partial charge in [0.05, 0.1) is 11.5 Å². The van der Waals surface area contributed by atoms with Crippen LogP contribution in [0.1, 0.15) is 28.8 Å². The highest BCUT2D eigenvalue weighted by molar-refractivity contribution is 5.99. The normalized spacial score (nSPS) is 16.4. The highest BCUT2D eigenvalue weighted by Crippen LogP contribution is 2.22. The molecular weight excluding hydrogens is 244 g/mol. The fourth-order valence-electron chi connectivity index (χ4n) is 2.36. The van der Waals surface area contributed by atoms with Crippen molar-refractivity contribution in [1.29, 1.82) is 0 Å². The van der Waals surface area contributed by atoms with Crippen molar-refractivity contribution in [3.05, 3.63) is 29.3 Å². The number of likely N-dealkylation sites (tertiary alicyclic amines) is 1. The highest BCUT2D eigenvalue weighted by Gasteiger charge is 2.28. The molecular formula is C14H18N2O3. The molecule has 1 aliphatic heterocycles. The van der Waals surface area contributed by atoms with E-state index in [1.54, 1.807) is 17.0 Å². The third-order valence-electron chi connectivity index (χ3n) is 3.57. The number of rotatable bonds is 2. The number of benzene rings is 1. The Morgan fingerprint density at radius 1 is 1.32 bits per heavy atom. The van der Waals surface area contributed by atoms with Crippen LogP contribution in [0.4, 0.5) is 5.69 Å². The molecule has 3 N–H and O–H groups in total. The number of aryl methyl sites for hydroxylation is 1. The number of piperidine rings is 1. The average Bonchev–Trinajstić information content (AvgIpc) is 2.41. The average molecular weight is 262 g/mol. The molecule has 0 radical (unpaired) electrons. The molecule has 1 saturated heterocycles. The van der Waals surface area contributed by atoms with Gasteiger partial charge in [-0.25, -0.2) is 0 Å². The summed E-state index contributed by atoms with van der Waals surface area (Å²) < 4.78 is 0. The van der Waals surface area contributed by atoms with Gasteiger partial charge < -0.3 is 15.7 Å².